The van der Waals surface area contributed by atoms with E-state index in [-0.39, 0.29) is 23.6 Å². The number of ether oxygens (including phenoxy) is 2. The van der Waals surface area contributed by atoms with Gasteiger partial charge in [0.15, 0.2) is 5.78 Å². The van der Waals surface area contributed by atoms with Crippen LogP contribution >= 0.6 is 11.3 Å². The van der Waals surface area contributed by atoms with E-state index in [1.807, 2.05) is 20.8 Å². The molecule has 1 saturated heterocycles. The minimum atomic E-state index is -0.379. The van der Waals surface area contributed by atoms with E-state index >= 15 is 0 Å². The predicted molar refractivity (Wildman–Crippen MR) is 115 cm³/mol. The molecule has 3 aromatic rings. The van der Waals surface area contributed by atoms with Gasteiger partial charge in [0, 0.05) is 18.4 Å². The first-order chi connectivity index (χ1) is 14.5. The van der Waals surface area contributed by atoms with Crippen LogP contribution in [-0.4, -0.2) is 35.1 Å². The van der Waals surface area contributed by atoms with Crippen molar-refractivity contribution in [3.05, 3.63) is 40.8 Å². The van der Waals surface area contributed by atoms with Gasteiger partial charge in [-0.15, -0.1) is 11.3 Å². The first-order valence-electron chi connectivity index (χ1n) is 10.1. The fraction of sp³-hybridized carbons (Fsp3) is 0.409. The zero-order valence-electron chi connectivity index (χ0n) is 17.2. The molecule has 2 atom stereocenters. The zero-order chi connectivity index (χ0) is 21.3. The molecule has 3 heterocycles. The third-order valence-corrected chi connectivity index (χ3v) is 6.60. The van der Waals surface area contributed by atoms with Gasteiger partial charge in [-0.05, 0) is 31.0 Å². The molecule has 1 fully saturated rings. The number of rotatable bonds is 7. The average molecular weight is 430 g/mol. The van der Waals surface area contributed by atoms with Crippen LogP contribution < -0.4 is 10.1 Å². The number of aryl methyl sites for hydroxylation is 1. The molecule has 8 heteroatoms. The molecule has 0 spiro atoms. The summed E-state index contributed by atoms with van der Waals surface area (Å²) in [4.78, 5) is 23.0. The normalized spacial score (nSPS) is 17.3. The van der Waals surface area contributed by atoms with Gasteiger partial charge in [-0.25, -0.2) is 14.4 Å². The van der Waals surface area contributed by atoms with Gasteiger partial charge in [-0.2, -0.15) is 0 Å². The zero-order valence-corrected chi connectivity index (χ0v) is 18.0. The molecular weight excluding hydrogens is 405 g/mol. The van der Waals surface area contributed by atoms with E-state index < -0.39 is 0 Å². The van der Waals surface area contributed by atoms with Gasteiger partial charge in [0.1, 0.15) is 34.6 Å². The van der Waals surface area contributed by atoms with E-state index in [9.17, 15) is 9.18 Å². The summed E-state index contributed by atoms with van der Waals surface area (Å²) in [7, 11) is 0. The van der Waals surface area contributed by atoms with Crippen molar-refractivity contribution in [1.29, 1.82) is 0 Å². The number of ketones is 1. The second kappa shape index (κ2) is 8.65. The lowest BCUT2D eigenvalue weighted by Gasteiger charge is -2.17. The summed E-state index contributed by atoms with van der Waals surface area (Å²) in [5.41, 5.74) is 1.46. The summed E-state index contributed by atoms with van der Waals surface area (Å²) < 4.78 is 25.2. The topological polar surface area (TPSA) is 73.3 Å². The minimum absolute atomic E-state index is 0.0492. The number of fused-ring (bicyclic) bond motifs is 1. The highest BCUT2D eigenvalue weighted by molar-refractivity contribution is 7.20. The number of Topliss-reactive ketones (excluding diaryl/α,β-unsaturated/α-hetero) is 1. The molecule has 1 aliphatic rings. The molecule has 1 N–H and O–H groups in total. The fourth-order valence-electron chi connectivity index (χ4n) is 3.42. The van der Waals surface area contributed by atoms with Crippen LogP contribution in [0, 0.1) is 18.7 Å². The van der Waals surface area contributed by atoms with Gasteiger partial charge in [0.2, 0.25) is 0 Å². The molecule has 30 heavy (non-hydrogen) atoms. The molecule has 0 amide bonds. The third-order valence-electron chi connectivity index (χ3n) is 5.39. The second-order valence-corrected chi connectivity index (χ2v) is 8.50. The Hall–Kier alpha value is -2.58. The van der Waals surface area contributed by atoms with Crippen molar-refractivity contribution < 1.29 is 18.7 Å². The summed E-state index contributed by atoms with van der Waals surface area (Å²) in [5.74, 6) is 0.662. The van der Waals surface area contributed by atoms with Gasteiger partial charge < -0.3 is 14.8 Å². The van der Waals surface area contributed by atoms with Crippen LogP contribution in [0.4, 0.5) is 15.9 Å². The SMILES string of the molecule is CCC(C)C(=O)c1sc2ncnc(Nc3ccc(F)cc3OC3CCOC3)c2c1C. The lowest BCUT2D eigenvalue weighted by molar-refractivity contribution is 0.0931. The largest absolute Gasteiger partial charge is 0.486 e. The molecule has 1 aromatic carbocycles. The van der Waals surface area contributed by atoms with Crippen LogP contribution in [0.2, 0.25) is 0 Å². The number of nitrogens with one attached hydrogen (secondary N) is 1. The van der Waals surface area contributed by atoms with Crippen LogP contribution in [0.1, 0.15) is 41.9 Å². The maximum Gasteiger partial charge on any atom is 0.175 e. The first-order valence-corrected chi connectivity index (χ1v) is 10.9. The summed E-state index contributed by atoms with van der Waals surface area (Å²) in [6, 6.07) is 4.36. The Morgan fingerprint density at radius 1 is 1.43 bits per heavy atom. The molecule has 2 aromatic heterocycles. The molecule has 2 unspecified atom stereocenters. The van der Waals surface area contributed by atoms with Gasteiger partial charge in [0.25, 0.3) is 0 Å². The Kier molecular flexibility index (Phi) is 5.97. The van der Waals surface area contributed by atoms with E-state index in [4.69, 9.17) is 9.47 Å². The first kappa shape index (κ1) is 20.7. The van der Waals surface area contributed by atoms with E-state index in [0.717, 1.165) is 28.6 Å². The Morgan fingerprint density at radius 3 is 3.00 bits per heavy atom. The number of hydrogen-bond acceptors (Lipinski definition) is 7. The lowest BCUT2D eigenvalue weighted by atomic mass is 10.00. The van der Waals surface area contributed by atoms with Crippen molar-refractivity contribution in [2.24, 2.45) is 5.92 Å². The highest BCUT2D eigenvalue weighted by atomic mass is 32.1. The number of carbonyl (C=O) groups excluding carboxylic acids is 1. The molecule has 0 saturated carbocycles. The Morgan fingerprint density at radius 2 is 2.27 bits per heavy atom. The van der Waals surface area contributed by atoms with Crippen LogP contribution in [0.3, 0.4) is 0 Å². The van der Waals surface area contributed by atoms with Crippen molar-refractivity contribution in [1.82, 2.24) is 9.97 Å². The third kappa shape index (κ3) is 4.02. The van der Waals surface area contributed by atoms with E-state index in [1.165, 1.54) is 29.8 Å². The molecule has 6 nitrogen and oxygen atoms in total. The number of hydrogen-bond donors (Lipinski definition) is 1. The van der Waals surface area contributed by atoms with Gasteiger partial charge in [0.05, 0.1) is 29.2 Å². The highest BCUT2D eigenvalue weighted by Crippen LogP contribution is 2.38. The van der Waals surface area contributed by atoms with Crippen LogP contribution in [0.15, 0.2) is 24.5 Å². The molecule has 0 bridgehead atoms. The number of nitrogens with zero attached hydrogens (tertiary/aromatic N) is 2. The Bertz CT molecular complexity index is 1080. The van der Waals surface area contributed by atoms with Gasteiger partial charge in [-0.1, -0.05) is 13.8 Å². The summed E-state index contributed by atoms with van der Waals surface area (Å²) in [6.07, 6.45) is 2.90. The van der Waals surface area contributed by atoms with Crippen molar-refractivity contribution >= 4 is 38.8 Å². The molecule has 0 radical (unpaired) electrons. The Labute approximate surface area is 178 Å². The van der Waals surface area contributed by atoms with Crippen molar-refractivity contribution in [2.45, 2.75) is 39.7 Å². The summed E-state index contributed by atoms with van der Waals surface area (Å²) in [6.45, 7) is 6.98. The van der Waals surface area contributed by atoms with Gasteiger partial charge in [-0.3, -0.25) is 4.79 Å². The minimum Gasteiger partial charge on any atom is -0.486 e. The van der Waals surface area contributed by atoms with Crippen molar-refractivity contribution in [3.8, 4) is 5.75 Å². The maximum absolute atomic E-state index is 13.9. The van der Waals surface area contributed by atoms with Crippen LogP contribution in [0.25, 0.3) is 10.2 Å². The van der Waals surface area contributed by atoms with Gasteiger partial charge >= 0.3 is 0 Å². The number of thiophene rings is 1. The van der Waals surface area contributed by atoms with Crippen LogP contribution in [-0.2, 0) is 4.74 Å². The van der Waals surface area contributed by atoms with Crippen molar-refractivity contribution in [2.75, 3.05) is 18.5 Å². The Balaban J connectivity index is 1.71. The number of carbonyl (C=O) groups is 1. The smallest absolute Gasteiger partial charge is 0.175 e. The van der Waals surface area contributed by atoms with E-state index in [2.05, 4.69) is 15.3 Å². The molecule has 0 aliphatic carbocycles. The lowest BCUT2D eigenvalue weighted by Crippen LogP contribution is -2.16. The summed E-state index contributed by atoms with van der Waals surface area (Å²) >= 11 is 1.38. The average Bonchev–Trinajstić information content (AvgIpc) is 3.37. The summed E-state index contributed by atoms with van der Waals surface area (Å²) in [5, 5.41) is 4.06. The quantitative estimate of drug-likeness (QED) is 0.515. The number of halogens is 1. The van der Waals surface area contributed by atoms with Crippen LogP contribution in [0.5, 0.6) is 5.75 Å². The molecular formula is C22H24FN3O3S. The van der Waals surface area contributed by atoms with E-state index in [1.54, 1.807) is 6.07 Å². The molecule has 1 aliphatic heterocycles. The predicted octanol–water partition coefficient (Wildman–Crippen LogP) is 5.28. The standard InChI is InChI=1S/C22H24FN3O3S/c1-4-12(2)19(27)20-13(3)18-21(24-11-25-22(18)30-20)26-16-6-5-14(23)9-17(16)29-15-7-8-28-10-15/h5-6,9,11-12,15H,4,7-8,10H2,1-3H3,(H,24,25,26). The van der Waals surface area contributed by atoms with E-state index in [0.29, 0.717) is 35.3 Å². The maximum atomic E-state index is 13.9. The number of aromatic nitrogens is 2. The molecule has 158 valence electrons. The molecule has 4 rings (SSSR count). The monoisotopic (exact) mass is 429 g/mol. The fourth-order valence-corrected chi connectivity index (χ4v) is 4.62. The number of anilines is 2. The van der Waals surface area contributed by atoms with Crippen molar-refractivity contribution in [3.63, 3.8) is 0 Å². The number of benzene rings is 1. The second-order valence-electron chi connectivity index (χ2n) is 7.50. The highest BCUT2D eigenvalue weighted by Gasteiger charge is 2.23.